The predicted octanol–water partition coefficient (Wildman–Crippen LogP) is 2.83. The number of carbonyl (C=O) groups is 8. The highest BCUT2D eigenvalue weighted by molar-refractivity contribution is 6.32. The Morgan fingerprint density at radius 1 is 0.695 bits per heavy atom. The average Bonchev–Trinajstić information content (AvgIpc) is 0.767. The van der Waals surface area contributed by atoms with E-state index in [4.69, 9.17) is 71.6 Å². The van der Waals surface area contributed by atoms with Crippen LogP contribution in [-0.2, 0) is 66.8 Å². The van der Waals surface area contributed by atoms with Crippen LogP contribution >= 0.6 is 23.2 Å². The SMILES string of the molecule is CNC(CC(C)C)C(=O)NC1C(=O)NC(CC(N)=O)C(=O)NC2C(=O)NC3C(=O)NC(C(=O)NC(C(C)=O)c4cc(O)cc(O)c4-c4cc3ccc4O)C(O)c3ccc(c(Cl)c3)Oc3cc2cc(c3OC2OC(COC)C(OC)C(OC)C2OC2CC(C)(NC)C(O)C(C)O2)Oc2ccc(cc2Cl)C1O. The summed E-state index contributed by atoms with van der Waals surface area (Å²) in [5, 5.41) is 91.0. The summed E-state index contributed by atoms with van der Waals surface area (Å²) in [6, 6.07) is 1.65. The van der Waals surface area contributed by atoms with Gasteiger partial charge in [-0.2, -0.15) is 0 Å². The molecule has 0 spiro atoms. The largest absolute Gasteiger partial charge is 0.508 e. The minimum Gasteiger partial charge on any atom is -0.508 e. The van der Waals surface area contributed by atoms with Crippen molar-refractivity contribution in [3.8, 4) is 57.1 Å². The summed E-state index contributed by atoms with van der Waals surface area (Å²) in [5.74, 6) is -13.3. The lowest BCUT2D eigenvalue weighted by Crippen LogP contribution is -2.65. The Bertz CT molecular complexity index is 4150. The fraction of sp³-hybridized carbons (Fsp3) is 0.465. The number of phenolic OH excluding ortho intramolecular Hbond substituents is 3. The lowest BCUT2D eigenvalue weighted by Gasteiger charge is -2.49. The van der Waals surface area contributed by atoms with Gasteiger partial charge < -0.3 is 122 Å². The van der Waals surface area contributed by atoms with Gasteiger partial charge in [0.25, 0.3) is 0 Å². The van der Waals surface area contributed by atoms with E-state index in [2.05, 4.69) is 42.5 Å². The van der Waals surface area contributed by atoms with E-state index in [1.54, 1.807) is 20.9 Å². The number of nitrogens with one attached hydrogen (secondary N) is 8. The van der Waals surface area contributed by atoms with E-state index in [0.29, 0.717) is 0 Å². The molecule has 34 heteroatoms. The molecule has 7 heterocycles. The Balaban J connectivity index is 1.25. The highest BCUT2D eigenvalue weighted by atomic mass is 35.5. The summed E-state index contributed by atoms with van der Waals surface area (Å²) < 4.78 is 58.4. The van der Waals surface area contributed by atoms with Gasteiger partial charge in [0.05, 0.1) is 41.3 Å². The Morgan fingerprint density at radius 2 is 1.30 bits per heavy atom. The van der Waals surface area contributed by atoms with Gasteiger partial charge in [-0.15, -0.1) is 0 Å². The Hall–Kier alpha value is -9.00. The molecule has 566 valence electrons. The van der Waals surface area contributed by atoms with Crippen LogP contribution in [0.25, 0.3) is 11.1 Å². The van der Waals surface area contributed by atoms with E-state index in [0.717, 1.165) is 49.4 Å². The highest BCUT2D eigenvalue weighted by Crippen LogP contribution is 2.50. The van der Waals surface area contributed by atoms with Crippen molar-refractivity contribution in [2.45, 2.75) is 163 Å². The van der Waals surface area contributed by atoms with Crippen molar-refractivity contribution >= 4 is 70.3 Å². The second kappa shape index (κ2) is 32.8. The number of aliphatic hydroxyl groups is 3. The molecule has 11 bridgehead atoms. The van der Waals surface area contributed by atoms with E-state index in [9.17, 15) is 49.8 Å². The average molecular weight is 1500 g/mol. The molecule has 7 aliphatic rings. The summed E-state index contributed by atoms with van der Waals surface area (Å²) in [5.41, 5.74) is 2.92. The van der Waals surface area contributed by atoms with Gasteiger partial charge in [-0.05, 0) is 130 Å². The quantitative estimate of drug-likeness (QED) is 0.0636. The monoisotopic (exact) mass is 1500 g/mol. The normalized spacial score (nSPS) is 28.8. The predicted molar refractivity (Wildman–Crippen MR) is 372 cm³/mol. The number of likely N-dealkylation sites (N-methyl/N-ethyl adjacent to an activating group) is 2. The number of hydrogen-bond acceptors (Lipinski definition) is 25. The number of phenols is 3. The molecule has 0 radical (unpaired) electrons. The minimum atomic E-state index is -2.26. The summed E-state index contributed by atoms with van der Waals surface area (Å²) in [7, 11) is 7.36. The number of aliphatic hydroxyl groups excluding tert-OH is 3. The molecule has 18 unspecified atom stereocenters. The first-order valence-corrected chi connectivity index (χ1v) is 34.3. The minimum absolute atomic E-state index is 0.0300. The molecule has 0 saturated carbocycles. The zero-order valence-corrected chi connectivity index (χ0v) is 60.2. The number of halogens is 2. The van der Waals surface area contributed by atoms with Gasteiger partial charge in [0.2, 0.25) is 53.4 Å². The van der Waals surface area contributed by atoms with Crippen LogP contribution in [0.1, 0.15) is 112 Å². The molecule has 2 fully saturated rings. The van der Waals surface area contributed by atoms with Crippen LogP contribution in [-0.4, -0.2) is 199 Å². The molecular formula is C71H85Cl2N9O23. The van der Waals surface area contributed by atoms with Gasteiger partial charge in [0.1, 0.15) is 95.5 Å². The number of primary amides is 1. The number of hydrogen-bond donors (Lipinski definition) is 15. The fourth-order valence-electron chi connectivity index (χ4n) is 13.5. The second-order valence-corrected chi connectivity index (χ2v) is 27.7. The Morgan fingerprint density at radius 3 is 1.89 bits per heavy atom. The first kappa shape index (κ1) is 78.6. The maximum atomic E-state index is 16.2. The molecular weight excluding hydrogens is 1420 g/mol. The van der Waals surface area contributed by atoms with Gasteiger partial charge in [-0.1, -0.05) is 55.2 Å². The number of Topliss-reactive ketones (excluding diaryl/α,β-unsaturated/α-hetero) is 1. The third-order valence-electron chi connectivity index (χ3n) is 19.1. The smallest absolute Gasteiger partial charge is 0.248 e. The number of aromatic hydroxyl groups is 3. The number of rotatable bonds is 17. The molecule has 7 amide bonds. The second-order valence-electron chi connectivity index (χ2n) is 26.8. The summed E-state index contributed by atoms with van der Waals surface area (Å²) in [6.07, 6.45) is -14.2. The summed E-state index contributed by atoms with van der Waals surface area (Å²) >= 11 is 14.4. The summed E-state index contributed by atoms with van der Waals surface area (Å²) in [4.78, 5) is 118. The van der Waals surface area contributed by atoms with E-state index >= 15 is 19.2 Å². The molecule has 18 atom stereocenters. The lowest BCUT2D eigenvalue weighted by atomic mass is 9.85. The number of fused-ring (bicyclic) bond motifs is 15. The topological polar surface area (TPSA) is 463 Å². The van der Waals surface area contributed by atoms with E-state index in [-0.39, 0.29) is 85.9 Å². The first-order valence-electron chi connectivity index (χ1n) is 33.5. The molecule has 5 aromatic rings. The van der Waals surface area contributed by atoms with Crippen LogP contribution in [0.3, 0.4) is 0 Å². The molecule has 0 aliphatic carbocycles. The molecule has 0 aromatic heterocycles. The van der Waals surface area contributed by atoms with Crippen molar-refractivity contribution in [3.05, 3.63) is 117 Å². The highest BCUT2D eigenvalue weighted by Gasteiger charge is 2.53. The van der Waals surface area contributed by atoms with Crippen LogP contribution in [0.4, 0.5) is 0 Å². The van der Waals surface area contributed by atoms with Gasteiger partial charge in [-0.3, -0.25) is 38.4 Å². The molecule has 5 aromatic carbocycles. The van der Waals surface area contributed by atoms with E-state index in [1.807, 2.05) is 13.8 Å². The lowest BCUT2D eigenvalue weighted by molar-refractivity contribution is -0.339. The van der Waals surface area contributed by atoms with Crippen LogP contribution in [0.5, 0.6) is 46.0 Å². The fourth-order valence-corrected chi connectivity index (χ4v) is 14.0. The van der Waals surface area contributed by atoms with Gasteiger partial charge in [0.15, 0.2) is 29.7 Å². The van der Waals surface area contributed by atoms with Crippen LogP contribution < -0.4 is 62.5 Å². The van der Waals surface area contributed by atoms with Gasteiger partial charge in [-0.25, -0.2) is 0 Å². The van der Waals surface area contributed by atoms with Crippen LogP contribution in [0.2, 0.25) is 10.0 Å². The molecule has 105 heavy (non-hydrogen) atoms. The third kappa shape index (κ3) is 16.8. The number of methoxy groups -OCH3 is 3. The van der Waals surface area contributed by atoms with Gasteiger partial charge in [0, 0.05) is 50.5 Å². The van der Waals surface area contributed by atoms with Crippen molar-refractivity contribution in [3.63, 3.8) is 0 Å². The van der Waals surface area contributed by atoms with Crippen molar-refractivity contribution < 1.29 is 112 Å². The number of benzene rings is 5. The van der Waals surface area contributed by atoms with Crippen molar-refractivity contribution in [1.29, 1.82) is 0 Å². The van der Waals surface area contributed by atoms with Crippen LogP contribution in [0, 0.1) is 5.92 Å². The van der Waals surface area contributed by atoms with Crippen LogP contribution in [0.15, 0.2) is 78.9 Å². The third-order valence-corrected chi connectivity index (χ3v) is 19.7. The number of carbonyl (C=O) groups excluding carboxylic acids is 8. The summed E-state index contributed by atoms with van der Waals surface area (Å²) in [6.45, 7) is 8.02. The molecule has 7 aliphatic heterocycles. The molecule has 16 N–H and O–H groups in total. The van der Waals surface area contributed by atoms with E-state index in [1.165, 1.54) is 64.8 Å². The Labute approximate surface area is 612 Å². The van der Waals surface area contributed by atoms with E-state index < -0.39 is 197 Å². The number of amides is 7. The standard InChI is InChI=1S/C71H85Cl2N9O23/c1-28(2)17-40(75-6)64(91)81-55-57(88)32-12-15-44(38(72)19-32)101-46-21-34-22-47(59(46)105-70-62(61(99-10)60(98-9)48(103-70)27-97-8)104-50-26-71(5,76-7)63(90)30(4)100-50)102-45-16-13-33(20-39(45)73)58(89)56-69(96)78-52(29(3)83)37-23-35(84)24-43(86)51(37)36-18-31(11-14-42(36)85)53(66(93)82-56)80-67(94)54(34)79-65(92)41(25-49(74)87)77-68(55)95/h11-16,18-24,28,30,40-41,48,50,52-58,60-63,70,75-76,84-86,88-90H,17,25-27H2,1-10H3,(H2,74,87)(H,77,95)(H,78,96)(H,79,92)(H,80,94)(H,81,91)(H,82,93). The number of nitrogens with two attached hydrogens (primary N) is 1. The zero-order chi connectivity index (χ0) is 76.4. The maximum absolute atomic E-state index is 16.2. The maximum Gasteiger partial charge on any atom is 0.248 e. The van der Waals surface area contributed by atoms with Crippen molar-refractivity contribution in [2.24, 2.45) is 11.7 Å². The Kier molecular flexibility index (Phi) is 24.5. The zero-order valence-electron chi connectivity index (χ0n) is 58.7. The van der Waals surface area contributed by atoms with Crippen molar-refractivity contribution in [2.75, 3.05) is 42.0 Å². The number of ketones is 1. The number of ether oxygens (including phenoxy) is 9. The molecule has 2 saturated heterocycles. The molecule has 12 rings (SSSR count). The first-order chi connectivity index (χ1) is 49.8. The van der Waals surface area contributed by atoms with Gasteiger partial charge >= 0.3 is 0 Å². The van der Waals surface area contributed by atoms with Crippen molar-refractivity contribution in [1.82, 2.24) is 42.5 Å². The molecule has 32 nitrogen and oxygen atoms in total.